The highest BCUT2D eigenvalue weighted by molar-refractivity contribution is 7.98. The highest BCUT2D eigenvalue weighted by Crippen LogP contribution is 2.24. The summed E-state index contributed by atoms with van der Waals surface area (Å²) in [5.41, 5.74) is 0.787. The molecule has 0 aliphatic carbocycles. The molecule has 20 heavy (non-hydrogen) atoms. The summed E-state index contributed by atoms with van der Waals surface area (Å²) in [4.78, 5) is 15.9. The number of nitrogens with zero attached hydrogens (tertiary/aromatic N) is 4. The summed E-state index contributed by atoms with van der Waals surface area (Å²) in [7, 11) is 0. The first kappa shape index (κ1) is 12.7. The third kappa shape index (κ3) is 3.00. The molecule has 0 aliphatic heterocycles. The van der Waals surface area contributed by atoms with Crippen LogP contribution in [0.1, 0.15) is 5.89 Å². The van der Waals surface area contributed by atoms with E-state index in [-0.39, 0.29) is 5.82 Å². The van der Waals surface area contributed by atoms with E-state index in [0.717, 1.165) is 5.56 Å². The summed E-state index contributed by atoms with van der Waals surface area (Å²) >= 11 is 1.41. The lowest BCUT2D eigenvalue weighted by Crippen LogP contribution is -1.87. The van der Waals surface area contributed by atoms with Crippen LogP contribution in [-0.2, 0) is 5.75 Å². The largest absolute Gasteiger partial charge is 0.440 e. The van der Waals surface area contributed by atoms with Crippen LogP contribution in [0.4, 0.5) is 4.39 Å². The van der Waals surface area contributed by atoms with Crippen molar-refractivity contribution in [1.29, 1.82) is 0 Å². The second kappa shape index (κ2) is 5.79. The first-order valence-electron chi connectivity index (χ1n) is 5.77. The normalized spacial score (nSPS) is 10.7. The molecule has 0 N–H and O–H groups in total. The van der Waals surface area contributed by atoms with Gasteiger partial charge in [-0.3, -0.25) is 0 Å². The van der Waals surface area contributed by atoms with E-state index in [9.17, 15) is 4.39 Å². The number of rotatable bonds is 4. The van der Waals surface area contributed by atoms with E-state index < -0.39 is 0 Å². The molecule has 3 rings (SSSR count). The lowest BCUT2D eigenvalue weighted by molar-refractivity contribution is 0.529. The summed E-state index contributed by atoms with van der Waals surface area (Å²) in [6.45, 7) is 0. The van der Waals surface area contributed by atoms with Gasteiger partial charge in [0.15, 0.2) is 10.9 Å². The van der Waals surface area contributed by atoms with E-state index in [0.29, 0.717) is 22.6 Å². The summed E-state index contributed by atoms with van der Waals surface area (Å²) in [6, 6.07) is 6.08. The van der Waals surface area contributed by atoms with Crippen LogP contribution in [0, 0.1) is 5.82 Å². The maximum atomic E-state index is 12.8. The average molecular weight is 288 g/mol. The Labute approximate surface area is 118 Å². The van der Waals surface area contributed by atoms with Gasteiger partial charge in [-0.05, 0) is 24.3 Å². The van der Waals surface area contributed by atoms with Crippen LogP contribution in [0.25, 0.3) is 11.3 Å². The average Bonchev–Trinajstić information content (AvgIpc) is 2.96. The molecule has 0 fully saturated rings. The van der Waals surface area contributed by atoms with Gasteiger partial charge < -0.3 is 4.42 Å². The maximum Gasteiger partial charge on any atom is 0.205 e. The van der Waals surface area contributed by atoms with Gasteiger partial charge >= 0.3 is 0 Å². The van der Waals surface area contributed by atoms with Gasteiger partial charge in [-0.25, -0.2) is 24.3 Å². The van der Waals surface area contributed by atoms with Gasteiger partial charge in [-0.2, -0.15) is 0 Å². The molecule has 0 bridgehead atoms. The van der Waals surface area contributed by atoms with Crippen molar-refractivity contribution >= 4 is 11.8 Å². The van der Waals surface area contributed by atoms with Crippen LogP contribution in [0.5, 0.6) is 0 Å². The van der Waals surface area contributed by atoms with Crippen LogP contribution < -0.4 is 0 Å². The molecule has 7 heteroatoms. The van der Waals surface area contributed by atoms with Crippen LogP contribution in [0.3, 0.4) is 0 Å². The zero-order valence-electron chi connectivity index (χ0n) is 10.2. The standard InChI is InChI=1S/C13H9FN4OS/c14-10-3-1-9(2-4-10)11-5-16-12(19-11)6-20-13-17-7-15-8-18-13/h1-5,7-8H,6H2. The van der Waals surface area contributed by atoms with Crippen molar-refractivity contribution < 1.29 is 8.81 Å². The van der Waals surface area contributed by atoms with Crippen LogP contribution in [0.2, 0.25) is 0 Å². The van der Waals surface area contributed by atoms with Crippen molar-refractivity contribution in [1.82, 2.24) is 19.9 Å². The second-order valence-electron chi connectivity index (χ2n) is 3.83. The van der Waals surface area contributed by atoms with E-state index >= 15 is 0 Å². The quantitative estimate of drug-likeness (QED) is 0.688. The van der Waals surface area contributed by atoms with Crippen molar-refractivity contribution in [2.75, 3.05) is 0 Å². The number of thioether (sulfide) groups is 1. The molecule has 1 aromatic carbocycles. The lowest BCUT2D eigenvalue weighted by Gasteiger charge is -1.96. The molecule has 0 spiro atoms. The van der Waals surface area contributed by atoms with Crippen LogP contribution >= 0.6 is 11.8 Å². The van der Waals surface area contributed by atoms with Crippen molar-refractivity contribution in [2.45, 2.75) is 10.9 Å². The number of halogens is 1. The van der Waals surface area contributed by atoms with E-state index in [1.54, 1.807) is 18.3 Å². The number of oxazole rings is 1. The summed E-state index contributed by atoms with van der Waals surface area (Å²) in [5.74, 6) is 1.41. The van der Waals surface area contributed by atoms with Gasteiger partial charge in [0.2, 0.25) is 5.89 Å². The Morgan fingerprint density at radius 1 is 1.05 bits per heavy atom. The zero-order valence-corrected chi connectivity index (χ0v) is 11.0. The Bertz CT molecular complexity index is 687. The smallest absolute Gasteiger partial charge is 0.205 e. The first-order chi connectivity index (χ1) is 9.81. The fraction of sp³-hybridized carbons (Fsp3) is 0.0769. The molecule has 5 nitrogen and oxygen atoms in total. The Kier molecular flexibility index (Phi) is 3.69. The predicted molar refractivity (Wildman–Crippen MR) is 71.3 cm³/mol. The van der Waals surface area contributed by atoms with Crippen molar-refractivity contribution in [3.63, 3.8) is 0 Å². The molecule has 0 saturated heterocycles. The Morgan fingerprint density at radius 2 is 1.80 bits per heavy atom. The van der Waals surface area contributed by atoms with Gasteiger partial charge in [0.1, 0.15) is 18.5 Å². The molecule has 0 unspecified atom stereocenters. The van der Waals surface area contributed by atoms with E-state index in [1.807, 2.05) is 0 Å². The van der Waals surface area contributed by atoms with Crippen molar-refractivity contribution in [3.8, 4) is 11.3 Å². The van der Waals surface area contributed by atoms with Crippen LogP contribution in [0.15, 0.2) is 52.7 Å². The minimum absolute atomic E-state index is 0.279. The van der Waals surface area contributed by atoms with Crippen LogP contribution in [-0.4, -0.2) is 19.9 Å². The van der Waals surface area contributed by atoms with Gasteiger partial charge in [-0.1, -0.05) is 11.8 Å². The molecule has 0 saturated carbocycles. The number of hydrogen-bond acceptors (Lipinski definition) is 6. The summed E-state index contributed by atoms with van der Waals surface area (Å²) < 4.78 is 18.5. The Morgan fingerprint density at radius 3 is 2.55 bits per heavy atom. The van der Waals surface area contributed by atoms with E-state index in [1.165, 1.54) is 36.5 Å². The molecule has 0 aliphatic rings. The molecule has 0 radical (unpaired) electrons. The number of benzene rings is 1. The first-order valence-corrected chi connectivity index (χ1v) is 6.75. The van der Waals surface area contributed by atoms with Gasteiger partial charge in [-0.15, -0.1) is 0 Å². The van der Waals surface area contributed by atoms with E-state index in [4.69, 9.17) is 4.42 Å². The molecule has 0 atom stereocenters. The molecular weight excluding hydrogens is 279 g/mol. The SMILES string of the molecule is Fc1ccc(-c2cnc(CSc3ncncn3)o2)cc1. The third-order valence-electron chi connectivity index (χ3n) is 2.48. The maximum absolute atomic E-state index is 12.8. The summed E-state index contributed by atoms with van der Waals surface area (Å²) in [5, 5.41) is 0.613. The molecule has 2 aromatic heterocycles. The molecular formula is C13H9FN4OS. The number of aromatic nitrogens is 4. The lowest BCUT2D eigenvalue weighted by atomic mass is 10.2. The van der Waals surface area contributed by atoms with E-state index in [2.05, 4.69) is 19.9 Å². The molecule has 100 valence electrons. The minimum Gasteiger partial charge on any atom is -0.440 e. The molecule has 0 amide bonds. The Hall–Kier alpha value is -2.28. The number of hydrogen-bond donors (Lipinski definition) is 0. The third-order valence-corrected chi connectivity index (χ3v) is 3.34. The topological polar surface area (TPSA) is 64.7 Å². The predicted octanol–water partition coefficient (Wildman–Crippen LogP) is 2.96. The van der Waals surface area contributed by atoms with Gasteiger partial charge in [0.25, 0.3) is 0 Å². The van der Waals surface area contributed by atoms with Gasteiger partial charge in [0.05, 0.1) is 11.9 Å². The van der Waals surface area contributed by atoms with Gasteiger partial charge in [0, 0.05) is 5.56 Å². The fourth-order valence-electron chi connectivity index (χ4n) is 1.55. The second-order valence-corrected chi connectivity index (χ2v) is 4.78. The summed E-state index contributed by atoms with van der Waals surface area (Å²) in [6.07, 6.45) is 4.50. The van der Waals surface area contributed by atoms with Crippen molar-refractivity contribution in [3.05, 3.63) is 54.8 Å². The highest BCUT2D eigenvalue weighted by atomic mass is 32.2. The molecule has 3 aromatic rings. The minimum atomic E-state index is -0.279. The monoisotopic (exact) mass is 288 g/mol. The fourth-order valence-corrected chi connectivity index (χ4v) is 2.18. The highest BCUT2D eigenvalue weighted by Gasteiger charge is 2.08. The zero-order chi connectivity index (χ0) is 13.8. The van der Waals surface area contributed by atoms with Crippen molar-refractivity contribution in [2.24, 2.45) is 0 Å². The molecule has 2 heterocycles. The Balaban J connectivity index is 1.69.